The monoisotopic (exact) mass is 253 g/mol. The molecule has 1 aliphatic heterocycles. The lowest BCUT2D eigenvalue weighted by molar-refractivity contribution is 0.139. The number of aromatic nitrogens is 2. The fourth-order valence-electron chi connectivity index (χ4n) is 2.49. The van der Waals surface area contributed by atoms with E-state index >= 15 is 0 Å². The van der Waals surface area contributed by atoms with E-state index in [-0.39, 0.29) is 0 Å². The van der Waals surface area contributed by atoms with Gasteiger partial charge >= 0.3 is 0 Å². The number of hydrogen-bond donors (Lipinski definition) is 0. The molecule has 0 aromatic carbocycles. The normalized spacial score (nSPS) is 22.0. The van der Waals surface area contributed by atoms with Crippen molar-refractivity contribution in [1.29, 1.82) is 0 Å². The molecule has 1 fully saturated rings. The average molecular weight is 254 g/mol. The molecule has 1 aromatic rings. The van der Waals surface area contributed by atoms with Crippen LogP contribution in [0.4, 0.5) is 0 Å². The van der Waals surface area contributed by atoms with E-state index in [9.17, 15) is 0 Å². The SMILES string of the molecule is CC(C)N1CCC[C@H](Cc2nccnc2Cl)C1. The van der Waals surface area contributed by atoms with Crippen LogP contribution in [0.3, 0.4) is 0 Å². The molecule has 3 nitrogen and oxygen atoms in total. The Hall–Kier alpha value is -0.670. The summed E-state index contributed by atoms with van der Waals surface area (Å²) in [6.07, 6.45) is 6.88. The maximum atomic E-state index is 6.06. The second-order valence-electron chi connectivity index (χ2n) is 5.09. The largest absolute Gasteiger partial charge is 0.301 e. The van der Waals surface area contributed by atoms with Crippen molar-refractivity contribution in [3.63, 3.8) is 0 Å². The molecule has 0 spiro atoms. The van der Waals surface area contributed by atoms with Crippen molar-refractivity contribution in [2.24, 2.45) is 5.92 Å². The number of nitrogens with zero attached hydrogens (tertiary/aromatic N) is 3. The summed E-state index contributed by atoms with van der Waals surface area (Å²) in [5, 5.41) is 0.564. The Morgan fingerprint density at radius 1 is 1.41 bits per heavy atom. The third-order valence-corrected chi connectivity index (χ3v) is 3.80. The maximum absolute atomic E-state index is 6.06. The third-order valence-electron chi connectivity index (χ3n) is 3.49. The summed E-state index contributed by atoms with van der Waals surface area (Å²) in [4.78, 5) is 11.0. The van der Waals surface area contributed by atoms with Gasteiger partial charge in [0.1, 0.15) is 5.15 Å². The minimum atomic E-state index is 0.564. The molecule has 94 valence electrons. The van der Waals surface area contributed by atoms with E-state index in [2.05, 4.69) is 28.7 Å². The Labute approximate surface area is 108 Å². The van der Waals surface area contributed by atoms with Gasteiger partial charge in [0.25, 0.3) is 0 Å². The fourth-order valence-corrected chi connectivity index (χ4v) is 2.68. The van der Waals surface area contributed by atoms with Crippen molar-refractivity contribution in [3.8, 4) is 0 Å². The minimum Gasteiger partial charge on any atom is -0.301 e. The lowest BCUT2D eigenvalue weighted by Gasteiger charge is -2.35. The van der Waals surface area contributed by atoms with Gasteiger partial charge in [-0.1, -0.05) is 11.6 Å². The van der Waals surface area contributed by atoms with Crippen LogP contribution in [0.1, 0.15) is 32.4 Å². The lowest BCUT2D eigenvalue weighted by Crippen LogP contribution is -2.40. The van der Waals surface area contributed by atoms with Crippen LogP contribution < -0.4 is 0 Å². The summed E-state index contributed by atoms with van der Waals surface area (Å²) >= 11 is 6.06. The maximum Gasteiger partial charge on any atom is 0.150 e. The first-order chi connectivity index (χ1) is 8.16. The van der Waals surface area contributed by atoms with Crippen molar-refractivity contribution >= 4 is 11.6 Å². The van der Waals surface area contributed by atoms with Gasteiger partial charge in [-0.05, 0) is 45.6 Å². The van der Waals surface area contributed by atoms with Crippen LogP contribution in [0.25, 0.3) is 0 Å². The molecule has 1 aromatic heterocycles. The smallest absolute Gasteiger partial charge is 0.150 e. The van der Waals surface area contributed by atoms with E-state index in [0.717, 1.165) is 18.7 Å². The fraction of sp³-hybridized carbons (Fsp3) is 0.692. The first-order valence-electron chi connectivity index (χ1n) is 6.36. The van der Waals surface area contributed by atoms with Crippen LogP contribution in [-0.2, 0) is 6.42 Å². The summed E-state index contributed by atoms with van der Waals surface area (Å²) in [6.45, 7) is 6.91. The van der Waals surface area contributed by atoms with Gasteiger partial charge in [-0.25, -0.2) is 4.98 Å². The topological polar surface area (TPSA) is 29.0 Å². The number of hydrogen-bond acceptors (Lipinski definition) is 3. The Morgan fingerprint density at radius 2 is 2.18 bits per heavy atom. The minimum absolute atomic E-state index is 0.564. The Bertz CT molecular complexity index is 367. The van der Waals surface area contributed by atoms with Gasteiger partial charge < -0.3 is 4.90 Å². The zero-order valence-corrected chi connectivity index (χ0v) is 11.3. The standard InChI is InChI=1S/C13H20ClN3/c1-10(2)17-7-3-4-11(9-17)8-12-13(14)16-6-5-15-12/h5-6,10-11H,3-4,7-9H2,1-2H3/t11-/m1/s1. The van der Waals surface area contributed by atoms with Gasteiger partial charge in [0.15, 0.2) is 0 Å². The predicted octanol–water partition coefficient (Wildman–Crippen LogP) is 2.79. The van der Waals surface area contributed by atoms with Crippen molar-refractivity contribution in [1.82, 2.24) is 14.9 Å². The Balaban J connectivity index is 1.97. The number of piperidine rings is 1. The van der Waals surface area contributed by atoms with E-state index in [1.165, 1.54) is 19.4 Å². The van der Waals surface area contributed by atoms with Crippen LogP contribution in [0.2, 0.25) is 5.15 Å². The molecule has 1 aliphatic rings. The molecule has 2 rings (SSSR count). The molecule has 17 heavy (non-hydrogen) atoms. The zero-order chi connectivity index (χ0) is 12.3. The molecule has 0 aliphatic carbocycles. The Kier molecular flexibility index (Phi) is 4.35. The van der Waals surface area contributed by atoms with Crippen molar-refractivity contribution < 1.29 is 0 Å². The summed E-state index contributed by atoms with van der Waals surface area (Å²) in [5.74, 6) is 0.667. The summed E-state index contributed by atoms with van der Waals surface area (Å²) in [5.41, 5.74) is 0.949. The number of halogens is 1. The summed E-state index contributed by atoms with van der Waals surface area (Å²) < 4.78 is 0. The zero-order valence-electron chi connectivity index (χ0n) is 10.6. The highest BCUT2D eigenvalue weighted by Gasteiger charge is 2.22. The molecule has 0 N–H and O–H groups in total. The summed E-state index contributed by atoms with van der Waals surface area (Å²) in [7, 11) is 0. The molecule has 0 radical (unpaired) electrons. The first-order valence-corrected chi connectivity index (χ1v) is 6.74. The molecule has 1 atom stereocenters. The van der Waals surface area contributed by atoms with Crippen LogP contribution >= 0.6 is 11.6 Å². The first kappa shape index (κ1) is 12.8. The molecule has 0 amide bonds. The van der Waals surface area contributed by atoms with E-state index in [1.807, 2.05) is 0 Å². The molecule has 2 heterocycles. The molecule has 1 saturated heterocycles. The number of rotatable bonds is 3. The quantitative estimate of drug-likeness (QED) is 0.830. The van der Waals surface area contributed by atoms with Gasteiger partial charge in [-0.15, -0.1) is 0 Å². The van der Waals surface area contributed by atoms with Crippen LogP contribution in [0, 0.1) is 5.92 Å². The molecule has 4 heteroatoms. The molecule has 0 bridgehead atoms. The number of likely N-dealkylation sites (tertiary alicyclic amines) is 1. The second kappa shape index (κ2) is 5.78. The molecule has 0 saturated carbocycles. The highest BCUT2D eigenvalue weighted by molar-refractivity contribution is 6.29. The summed E-state index contributed by atoms with van der Waals surface area (Å²) in [6, 6.07) is 0.634. The van der Waals surface area contributed by atoms with Crippen molar-refractivity contribution in [2.45, 2.75) is 39.2 Å². The van der Waals surface area contributed by atoms with Gasteiger partial charge in [0.05, 0.1) is 5.69 Å². The van der Waals surface area contributed by atoms with Gasteiger partial charge in [-0.3, -0.25) is 4.98 Å². The van der Waals surface area contributed by atoms with Crippen molar-refractivity contribution in [3.05, 3.63) is 23.2 Å². The average Bonchev–Trinajstić information content (AvgIpc) is 2.32. The van der Waals surface area contributed by atoms with E-state index in [0.29, 0.717) is 17.1 Å². The highest BCUT2D eigenvalue weighted by atomic mass is 35.5. The van der Waals surface area contributed by atoms with Crippen LogP contribution in [0.15, 0.2) is 12.4 Å². The predicted molar refractivity (Wildman–Crippen MR) is 70.2 cm³/mol. The van der Waals surface area contributed by atoms with Gasteiger partial charge in [0.2, 0.25) is 0 Å². The Morgan fingerprint density at radius 3 is 2.88 bits per heavy atom. The van der Waals surface area contributed by atoms with Crippen LogP contribution in [-0.4, -0.2) is 34.0 Å². The third kappa shape index (κ3) is 3.39. The van der Waals surface area contributed by atoms with Crippen molar-refractivity contribution in [2.75, 3.05) is 13.1 Å². The van der Waals surface area contributed by atoms with Gasteiger partial charge in [-0.2, -0.15) is 0 Å². The van der Waals surface area contributed by atoms with E-state index in [1.54, 1.807) is 12.4 Å². The van der Waals surface area contributed by atoms with Gasteiger partial charge in [0, 0.05) is 25.0 Å². The molecular weight excluding hydrogens is 234 g/mol. The second-order valence-corrected chi connectivity index (χ2v) is 5.45. The molecule has 0 unspecified atom stereocenters. The highest BCUT2D eigenvalue weighted by Crippen LogP contribution is 2.23. The molecular formula is C13H20ClN3. The van der Waals surface area contributed by atoms with E-state index < -0.39 is 0 Å². The van der Waals surface area contributed by atoms with E-state index in [4.69, 9.17) is 11.6 Å². The lowest BCUT2D eigenvalue weighted by atomic mass is 9.93. The van der Waals surface area contributed by atoms with Crippen LogP contribution in [0.5, 0.6) is 0 Å².